The third-order valence-corrected chi connectivity index (χ3v) is 4.01. The summed E-state index contributed by atoms with van der Waals surface area (Å²) in [4.78, 5) is 33.0. The zero-order chi connectivity index (χ0) is 14.3. The van der Waals surface area contributed by atoms with Gasteiger partial charge in [-0.3, -0.25) is 14.3 Å². The van der Waals surface area contributed by atoms with Crippen molar-refractivity contribution in [2.45, 2.75) is 25.4 Å². The molecule has 0 aliphatic carbocycles. The lowest BCUT2D eigenvalue weighted by Crippen LogP contribution is -2.64. The third kappa shape index (κ3) is 1.52. The van der Waals surface area contributed by atoms with Gasteiger partial charge in [0.2, 0.25) is 0 Å². The summed E-state index contributed by atoms with van der Waals surface area (Å²) in [5, 5.41) is 10.0. The van der Waals surface area contributed by atoms with E-state index >= 15 is 0 Å². The molecule has 3 heterocycles. The van der Waals surface area contributed by atoms with Crippen molar-refractivity contribution in [2.75, 3.05) is 6.54 Å². The van der Waals surface area contributed by atoms with Crippen LogP contribution in [0.3, 0.4) is 0 Å². The van der Waals surface area contributed by atoms with Gasteiger partial charge >= 0.3 is 6.09 Å². The first kappa shape index (κ1) is 12.6. The maximum absolute atomic E-state index is 12.3. The molecule has 3 rings (SSSR count). The fraction of sp³-hybridized carbons (Fsp3) is 0.385. The highest BCUT2D eigenvalue weighted by Crippen LogP contribution is 2.39. The fourth-order valence-electron chi connectivity index (χ4n) is 2.89. The average molecular weight is 274 g/mol. The van der Waals surface area contributed by atoms with E-state index < -0.39 is 11.8 Å². The minimum Gasteiger partial charge on any atom is -0.465 e. The number of pyridine rings is 1. The molecule has 1 fully saturated rings. The SMILES string of the molecule is CCC1(n2c(=O)ccc3cncnc32)CCN1C(=O)O. The molecule has 0 saturated carbocycles. The Hall–Kier alpha value is -2.44. The zero-order valence-corrected chi connectivity index (χ0v) is 11.0. The number of hydrogen-bond acceptors (Lipinski definition) is 4. The van der Waals surface area contributed by atoms with E-state index in [9.17, 15) is 14.7 Å². The quantitative estimate of drug-likeness (QED) is 0.890. The van der Waals surface area contributed by atoms with Crippen molar-refractivity contribution < 1.29 is 9.90 Å². The van der Waals surface area contributed by atoms with Crippen molar-refractivity contribution in [2.24, 2.45) is 0 Å². The summed E-state index contributed by atoms with van der Waals surface area (Å²) < 4.78 is 1.49. The lowest BCUT2D eigenvalue weighted by atomic mass is 9.91. The fourth-order valence-corrected chi connectivity index (χ4v) is 2.89. The van der Waals surface area contributed by atoms with E-state index in [2.05, 4.69) is 9.97 Å². The van der Waals surface area contributed by atoms with Gasteiger partial charge in [-0.2, -0.15) is 0 Å². The Morgan fingerprint density at radius 3 is 2.90 bits per heavy atom. The first-order chi connectivity index (χ1) is 9.60. The molecule has 1 aliphatic heterocycles. The molecule has 1 N–H and O–H groups in total. The number of aromatic nitrogens is 3. The number of fused-ring (bicyclic) bond motifs is 1. The topological polar surface area (TPSA) is 88.3 Å². The van der Waals surface area contributed by atoms with Crippen molar-refractivity contribution in [3.63, 3.8) is 0 Å². The predicted molar refractivity (Wildman–Crippen MR) is 71.4 cm³/mol. The minimum absolute atomic E-state index is 0.246. The summed E-state index contributed by atoms with van der Waals surface area (Å²) in [6.07, 6.45) is 3.09. The van der Waals surface area contributed by atoms with E-state index in [-0.39, 0.29) is 5.56 Å². The van der Waals surface area contributed by atoms with E-state index in [1.54, 1.807) is 12.3 Å². The molecule has 0 spiro atoms. The Morgan fingerprint density at radius 2 is 2.30 bits per heavy atom. The van der Waals surface area contributed by atoms with Gasteiger partial charge in [0.15, 0.2) is 0 Å². The molecule has 1 atom stereocenters. The summed E-state index contributed by atoms with van der Waals surface area (Å²) in [5.74, 6) is 0. The van der Waals surface area contributed by atoms with Crippen LogP contribution in [-0.2, 0) is 5.66 Å². The molecule has 1 unspecified atom stereocenters. The summed E-state index contributed by atoms with van der Waals surface area (Å²) in [6.45, 7) is 2.30. The predicted octanol–water partition coefficient (Wildman–Crippen LogP) is 1.24. The van der Waals surface area contributed by atoms with Gasteiger partial charge in [0.25, 0.3) is 5.56 Å². The summed E-state index contributed by atoms with van der Waals surface area (Å²) in [5.41, 5.74) is -0.610. The molecule has 0 aromatic carbocycles. The zero-order valence-electron chi connectivity index (χ0n) is 11.0. The highest BCUT2D eigenvalue weighted by molar-refractivity contribution is 5.74. The van der Waals surface area contributed by atoms with Gasteiger partial charge in [0.05, 0.1) is 0 Å². The Kier molecular flexibility index (Phi) is 2.70. The highest BCUT2D eigenvalue weighted by atomic mass is 16.4. The van der Waals surface area contributed by atoms with E-state index in [1.807, 2.05) is 6.92 Å². The highest BCUT2D eigenvalue weighted by Gasteiger charge is 2.49. The standard InChI is InChI=1S/C13H14N4O3/c1-2-13(5-6-16(13)12(19)20)17-10(18)4-3-9-7-14-8-15-11(9)17/h3-4,7-8H,2,5-6H2,1H3,(H,19,20). The smallest absolute Gasteiger partial charge is 0.409 e. The number of nitrogens with zero attached hydrogens (tertiary/aromatic N) is 4. The second-order valence-corrected chi connectivity index (χ2v) is 4.83. The van der Waals surface area contributed by atoms with E-state index in [0.717, 1.165) is 5.39 Å². The van der Waals surface area contributed by atoms with Gasteiger partial charge in [-0.25, -0.2) is 14.8 Å². The summed E-state index contributed by atoms with van der Waals surface area (Å²) in [7, 11) is 0. The molecule has 7 nitrogen and oxygen atoms in total. The lowest BCUT2D eigenvalue weighted by Gasteiger charge is -2.51. The third-order valence-electron chi connectivity index (χ3n) is 4.01. The number of hydrogen-bond donors (Lipinski definition) is 1. The van der Waals surface area contributed by atoms with Gasteiger partial charge in [0, 0.05) is 30.6 Å². The van der Waals surface area contributed by atoms with Crippen LogP contribution in [0, 0.1) is 0 Å². The van der Waals surface area contributed by atoms with Crippen LogP contribution in [0.2, 0.25) is 0 Å². The largest absolute Gasteiger partial charge is 0.465 e. The average Bonchev–Trinajstić information content (AvgIpc) is 2.40. The molecule has 2 aromatic heterocycles. The summed E-state index contributed by atoms with van der Waals surface area (Å²) in [6, 6.07) is 3.09. The van der Waals surface area contributed by atoms with Crippen molar-refractivity contribution >= 4 is 17.1 Å². The molecule has 1 amide bonds. The van der Waals surface area contributed by atoms with Crippen LogP contribution in [0.25, 0.3) is 11.0 Å². The Labute approximate surface area is 114 Å². The molecule has 0 bridgehead atoms. The van der Waals surface area contributed by atoms with Gasteiger partial charge in [-0.1, -0.05) is 6.92 Å². The molecular weight excluding hydrogens is 260 g/mol. The van der Waals surface area contributed by atoms with Crippen molar-refractivity contribution in [3.05, 3.63) is 35.0 Å². The van der Waals surface area contributed by atoms with Gasteiger partial charge < -0.3 is 5.11 Å². The minimum atomic E-state index is -1.02. The number of rotatable bonds is 2. The first-order valence-corrected chi connectivity index (χ1v) is 6.43. The van der Waals surface area contributed by atoms with Crippen LogP contribution in [0.4, 0.5) is 4.79 Å². The first-order valence-electron chi connectivity index (χ1n) is 6.43. The van der Waals surface area contributed by atoms with E-state index in [1.165, 1.54) is 21.9 Å². The van der Waals surface area contributed by atoms with Gasteiger partial charge in [-0.15, -0.1) is 0 Å². The van der Waals surface area contributed by atoms with Gasteiger partial charge in [-0.05, 0) is 12.5 Å². The Bertz CT molecular complexity index is 738. The molecule has 1 aliphatic rings. The molecular formula is C13H14N4O3. The van der Waals surface area contributed by atoms with Gasteiger partial charge in [0.1, 0.15) is 17.6 Å². The van der Waals surface area contributed by atoms with Crippen LogP contribution < -0.4 is 5.56 Å². The second-order valence-electron chi connectivity index (χ2n) is 4.83. The molecule has 0 radical (unpaired) electrons. The van der Waals surface area contributed by atoms with Crippen molar-refractivity contribution in [1.82, 2.24) is 19.4 Å². The van der Waals surface area contributed by atoms with Crippen LogP contribution in [0.5, 0.6) is 0 Å². The van der Waals surface area contributed by atoms with Crippen LogP contribution in [0.1, 0.15) is 19.8 Å². The maximum atomic E-state index is 12.3. The molecule has 20 heavy (non-hydrogen) atoms. The number of amides is 1. The van der Waals surface area contributed by atoms with E-state index in [4.69, 9.17) is 0 Å². The Morgan fingerprint density at radius 1 is 1.50 bits per heavy atom. The maximum Gasteiger partial charge on any atom is 0.409 e. The number of carboxylic acid groups (broad SMARTS) is 1. The molecule has 104 valence electrons. The summed E-state index contributed by atoms with van der Waals surface area (Å²) >= 11 is 0. The van der Waals surface area contributed by atoms with Crippen LogP contribution in [0.15, 0.2) is 29.5 Å². The molecule has 2 aromatic rings. The Balaban J connectivity index is 2.30. The number of carbonyl (C=O) groups is 1. The van der Waals surface area contributed by atoms with Crippen LogP contribution >= 0.6 is 0 Å². The normalized spacial score (nSPS) is 21.8. The van der Waals surface area contributed by atoms with Crippen LogP contribution in [-0.4, -0.2) is 37.2 Å². The molecule has 1 saturated heterocycles. The lowest BCUT2D eigenvalue weighted by molar-refractivity contribution is -0.0601. The number of likely N-dealkylation sites (tertiary alicyclic amines) is 1. The second kappa shape index (κ2) is 4.29. The molecule has 7 heteroatoms. The van der Waals surface area contributed by atoms with E-state index in [0.29, 0.717) is 25.0 Å². The monoisotopic (exact) mass is 274 g/mol. The van der Waals surface area contributed by atoms with Crippen molar-refractivity contribution in [3.8, 4) is 0 Å². The van der Waals surface area contributed by atoms with Crippen molar-refractivity contribution in [1.29, 1.82) is 0 Å².